The number of hydrogen-bond acceptors (Lipinski definition) is 19. The van der Waals surface area contributed by atoms with Gasteiger partial charge < -0.3 is 48.9 Å². The van der Waals surface area contributed by atoms with Crippen LogP contribution in [0.1, 0.15) is 168 Å². The quantitative estimate of drug-likeness (QED) is 0.00803. The first kappa shape index (κ1) is 94.8. The molecule has 10 aromatic rings. The molecule has 0 amide bonds. The number of aliphatic hydroxyl groups excluding tert-OH is 2. The van der Waals surface area contributed by atoms with Crippen molar-refractivity contribution < 1.29 is 115 Å². The topological polar surface area (TPSA) is 319 Å². The van der Waals surface area contributed by atoms with E-state index in [2.05, 4.69) is 57.2 Å². The monoisotopic (exact) mass is 1550 g/mol. The second kappa shape index (κ2) is 52.7. The van der Waals surface area contributed by atoms with Gasteiger partial charge in [0.2, 0.25) is 9.23 Å². The normalized spacial score (nSPS) is 10.7. The summed E-state index contributed by atoms with van der Waals surface area (Å²) in [5, 5.41) is 39.5. The van der Waals surface area contributed by atoms with Crippen LogP contribution in [0.15, 0.2) is 248 Å². The van der Waals surface area contributed by atoms with Crippen molar-refractivity contribution in [2.24, 2.45) is 5.16 Å². The molecule has 1 fully saturated rings. The summed E-state index contributed by atoms with van der Waals surface area (Å²) < 4.78 is 33.0. The fourth-order valence-electron chi connectivity index (χ4n) is 9.92. The van der Waals surface area contributed by atoms with Crippen LogP contribution in [-0.2, 0) is 37.7 Å². The van der Waals surface area contributed by atoms with E-state index in [1.54, 1.807) is 72.8 Å². The van der Waals surface area contributed by atoms with Gasteiger partial charge in [-0.1, -0.05) is 199 Å². The number of carboxylic acid groups (broad SMARTS) is 2. The van der Waals surface area contributed by atoms with Crippen LogP contribution in [-0.4, -0.2) is 140 Å². The average molecular weight is 1550 g/mol. The maximum absolute atomic E-state index is 12.6. The van der Waals surface area contributed by atoms with Gasteiger partial charge in [0.25, 0.3) is 0 Å². The molecular formula is C85H84Cl2LiNO20S. The summed E-state index contributed by atoms with van der Waals surface area (Å²) in [5.74, 6) is -6.48. The minimum Gasteiger partial charge on any atom is -0.478 e. The van der Waals surface area contributed by atoms with E-state index < -0.39 is 68.1 Å². The van der Waals surface area contributed by atoms with E-state index in [-0.39, 0.29) is 58.0 Å². The molecule has 25 heteroatoms. The zero-order valence-corrected chi connectivity index (χ0v) is 64.8. The maximum atomic E-state index is 12.6. The molecule has 1 heterocycles. The summed E-state index contributed by atoms with van der Waals surface area (Å²) in [6.07, 6.45) is 2.92. The van der Waals surface area contributed by atoms with Crippen molar-refractivity contribution >= 4 is 90.0 Å². The van der Waals surface area contributed by atoms with Gasteiger partial charge in [0.15, 0.2) is 11.6 Å². The zero-order chi connectivity index (χ0) is 80.8. The number of carbonyl (C=O) groups excluding carboxylic acids is 7. The van der Waals surface area contributed by atoms with Crippen LogP contribution in [0.3, 0.4) is 0 Å². The van der Waals surface area contributed by atoms with Gasteiger partial charge in [0, 0.05) is 80.6 Å². The number of hydrogen-bond donors (Lipinski definition) is 4. The molecule has 11 rings (SSSR count). The standard InChI is InChI=1S/C18H17NO5.C17H14O5.C15H10O5.C15H16O.C9H10O.C6H5.C4H8O.CH4O.Cl2OS.Li/c1-22-17(20)14-11-7-10-13(15(14)18(21)23-2)16(19-24-3)12-8-5-4-6-9-12;1-21-16(19)13-10-6-9-12(14(13)17(20)22-2)15(18)11-7-4-3-5-8-11;16-13(9-5-2-1-3-6-9)10-7-4-8-11(14(17)18)12(10)15(19)20;1-11-7-6-10-14(12(11)2)15(16)13-8-4-3-5-9-13;1-7-4-3-5-9(6-10)8(7)2;1-2-4-6-5-3-1;1-2-4-5-3-1;1-2;1-4(2)3;/h4-11H,1-3H3;3-10H,1-2H3;1-8H,(H,17,18)(H,19,20);3-10,15-16H,1-2H3;3-6H,1-2H3;1-5H;1-4H2;2H,1H3;;/q;;;;;-1;;;;+1/b19-16+;;;;;;;;;. The fraction of sp³-hybridized carbons (Fsp3) is 0.176. The van der Waals surface area contributed by atoms with Gasteiger partial charge in [-0.05, 0) is 92.1 Å². The number of rotatable bonds is 16. The number of aldehydes is 1. The second-order valence-electron chi connectivity index (χ2n) is 22.2. The number of carbonyl (C=O) groups is 9. The molecule has 10 aromatic carbocycles. The van der Waals surface area contributed by atoms with Crippen molar-refractivity contribution in [2.75, 3.05) is 55.9 Å². The summed E-state index contributed by atoms with van der Waals surface area (Å²) in [4.78, 5) is 111. The van der Waals surface area contributed by atoms with Crippen molar-refractivity contribution in [2.45, 2.75) is 46.6 Å². The Morgan fingerprint density at radius 3 is 1.18 bits per heavy atom. The van der Waals surface area contributed by atoms with Gasteiger partial charge in [-0.25, -0.2) is 33.0 Å². The minimum atomic E-state index is -1.67. The Morgan fingerprint density at radius 1 is 0.455 bits per heavy atom. The van der Waals surface area contributed by atoms with E-state index in [0.29, 0.717) is 22.4 Å². The number of aryl methyl sites for hydroxylation is 2. The van der Waals surface area contributed by atoms with Gasteiger partial charge >= 0.3 is 54.7 Å². The van der Waals surface area contributed by atoms with Crippen molar-refractivity contribution in [3.8, 4) is 0 Å². The number of esters is 4. The molecule has 0 aliphatic carbocycles. The molecule has 1 atom stereocenters. The molecular weight excluding hydrogens is 1460 g/mol. The first-order valence-corrected chi connectivity index (χ1v) is 35.8. The van der Waals surface area contributed by atoms with Crippen LogP contribution in [0.4, 0.5) is 0 Å². The summed E-state index contributed by atoms with van der Waals surface area (Å²) in [5.41, 5.74) is 8.77. The zero-order valence-electron chi connectivity index (χ0n) is 62.5. The van der Waals surface area contributed by atoms with Gasteiger partial charge in [0.05, 0.1) is 61.8 Å². The minimum absolute atomic E-state index is 0. The molecule has 4 N–H and O–H groups in total. The molecule has 570 valence electrons. The van der Waals surface area contributed by atoms with Crippen LogP contribution in [0.25, 0.3) is 0 Å². The predicted octanol–water partition coefficient (Wildman–Crippen LogP) is 12.9. The number of nitrogens with zero attached hydrogens (tertiary/aromatic N) is 1. The number of oxime groups is 1. The first-order valence-electron chi connectivity index (χ1n) is 33.0. The van der Waals surface area contributed by atoms with Crippen LogP contribution >= 0.6 is 21.4 Å². The van der Waals surface area contributed by atoms with Gasteiger partial charge in [-0.3, -0.25) is 14.4 Å². The SMILES string of the molecule is C1CCOC1.CO.CO/N=C(\c1ccccc1)c1cccc(C(=O)OC)c1C(=O)OC.COC(=O)c1cccc(C(=O)c2ccccc2)c1C(=O)OC.Cc1cccc(C(O)c2ccccc2)c1C.Cc1cccc(C=O)c1C.O=C(O)c1cccc(C(=O)c2ccccc2)c1C(=O)O.O=S(Cl)Cl.[Li+].[c-]1ccccc1. The van der Waals surface area contributed by atoms with Crippen LogP contribution in [0.5, 0.6) is 0 Å². The Labute approximate surface area is 663 Å². The molecule has 1 unspecified atom stereocenters. The number of methoxy groups -OCH3 is 4. The van der Waals surface area contributed by atoms with E-state index in [9.17, 15) is 53.4 Å². The predicted molar refractivity (Wildman–Crippen MR) is 418 cm³/mol. The average Bonchev–Trinajstić information content (AvgIpc) is 0.909. The number of ether oxygens (including phenoxy) is 5. The van der Waals surface area contributed by atoms with Crippen molar-refractivity contribution in [1.82, 2.24) is 0 Å². The van der Waals surface area contributed by atoms with E-state index in [0.717, 1.165) is 60.5 Å². The number of ketones is 2. The number of aromatic carboxylic acids is 2. The molecule has 1 aliphatic heterocycles. The Kier molecular flexibility index (Phi) is 45.4. The third-order valence-corrected chi connectivity index (χ3v) is 15.5. The van der Waals surface area contributed by atoms with E-state index in [1.807, 2.05) is 135 Å². The Bertz CT molecular complexity index is 4590. The molecule has 0 saturated carbocycles. The Balaban J connectivity index is 0.000000447. The molecule has 0 spiro atoms. The molecule has 1 saturated heterocycles. The smallest absolute Gasteiger partial charge is 0.478 e. The Hall–Kier alpha value is -11.3. The first-order chi connectivity index (χ1) is 52.4. The number of aliphatic hydroxyl groups is 2. The molecule has 21 nitrogen and oxygen atoms in total. The molecule has 0 bridgehead atoms. The van der Waals surface area contributed by atoms with Gasteiger partial charge in [-0.15, -0.1) is 0 Å². The van der Waals surface area contributed by atoms with E-state index >= 15 is 0 Å². The third kappa shape index (κ3) is 30.4. The van der Waals surface area contributed by atoms with E-state index in [4.69, 9.17) is 38.2 Å². The molecule has 0 aromatic heterocycles. The van der Waals surface area contributed by atoms with Crippen molar-refractivity contribution in [1.29, 1.82) is 0 Å². The summed E-state index contributed by atoms with van der Waals surface area (Å²) in [6, 6.07) is 72.8. The third-order valence-electron chi connectivity index (χ3n) is 15.5. The van der Waals surface area contributed by atoms with Crippen molar-refractivity contribution in [3.63, 3.8) is 0 Å². The molecule has 110 heavy (non-hydrogen) atoms. The van der Waals surface area contributed by atoms with Crippen molar-refractivity contribution in [3.05, 3.63) is 354 Å². The largest absolute Gasteiger partial charge is 1.00 e. The van der Waals surface area contributed by atoms with Crippen LogP contribution in [0, 0.1) is 33.8 Å². The summed E-state index contributed by atoms with van der Waals surface area (Å²) in [7, 11) is 14.7. The molecule has 0 radical (unpaired) electrons. The second-order valence-corrected chi connectivity index (χ2v) is 24.8. The Morgan fingerprint density at radius 2 is 0.818 bits per heavy atom. The number of benzene rings is 10. The number of carboxylic acids is 2. The summed E-state index contributed by atoms with van der Waals surface area (Å²) in [6.45, 7) is 10.1. The fourth-order valence-corrected chi connectivity index (χ4v) is 9.92. The van der Waals surface area contributed by atoms with Crippen LogP contribution < -0.4 is 18.9 Å². The van der Waals surface area contributed by atoms with Gasteiger partial charge in [-0.2, -0.15) is 36.4 Å². The summed E-state index contributed by atoms with van der Waals surface area (Å²) >= 11 is 0. The number of halogens is 2. The van der Waals surface area contributed by atoms with E-state index in [1.165, 1.54) is 101 Å². The maximum Gasteiger partial charge on any atom is 1.00 e. The van der Waals surface area contributed by atoms with Gasteiger partial charge in [0.1, 0.15) is 25.2 Å². The van der Waals surface area contributed by atoms with Crippen LogP contribution in [0.2, 0.25) is 0 Å². The molecule has 1 aliphatic rings.